The topological polar surface area (TPSA) is 86.1 Å². The number of halogens is 2. The summed E-state index contributed by atoms with van der Waals surface area (Å²) in [4.78, 5) is 14.8. The van der Waals surface area contributed by atoms with Gasteiger partial charge in [-0.2, -0.15) is 0 Å². The van der Waals surface area contributed by atoms with Crippen LogP contribution in [0.25, 0.3) is 0 Å². The summed E-state index contributed by atoms with van der Waals surface area (Å²) in [6.45, 7) is 3.23. The van der Waals surface area contributed by atoms with Gasteiger partial charge < -0.3 is 25.3 Å². The molecule has 158 valence electrons. The highest BCUT2D eigenvalue weighted by Crippen LogP contribution is 2.38. The van der Waals surface area contributed by atoms with Crippen molar-refractivity contribution in [3.63, 3.8) is 0 Å². The molecule has 0 saturated carbocycles. The Hall–Kier alpha value is -2.19. The third-order valence-corrected chi connectivity index (χ3v) is 4.70. The molecule has 1 atom stereocenters. The predicted octanol–water partition coefficient (Wildman–Crippen LogP) is 3.07. The maximum Gasteiger partial charge on any atom is 0.231 e. The number of amides is 1. The Bertz CT molecular complexity index is 823. The van der Waals surface area contributed by atoms with E-state index in [0.717, 1.165) is 19.6 Å². The molecule has 1 fully saturated rings. The van der Waals surface area contributed by atoms with E-state index in [1.807, 2.05) is 18.2 Å². The zero-order valence-electron chi connectivity index (χ0n) is 15.8. The molecule has 7 nitrogen and oxygen atoms in total. The number of nitrogens with two attached hydrogens (primary N) is 1. The summed E-state index contributed by atoms with van der Waals surface area (Å²) >= 11 is 0. The highest BCUT2D eigenvalue weighted by Gasteiger charge is 2.24. The lowest BCUT2D eigenvalue weighted by atomic mass is 10.1. The summed E-state index contributed by atoms with van der Waals surface area (Å²) in [5.41, 5.74) is 8.23. The van der Waals surface area contributed by atoms with Crippen molar-refractivity contribution in [2.45, 2.75) is 19.1 Å². The minimum atomic E-state index is -0.141. The van der Waals surface area contributed by atoms with E-state index in [0.29, 0.717) is 29.5 Å². The molecular weight excluding hydrogens is 417 g/mol. The normalized spacial score (nSPS) is 17.7. The van der Waals surface area contributed by atoms with Gasteiger partial charge in [0.25, 0.3) is 0 Å². The zero-order chi connectivity index (χ0) is 18.6. The monoisotopic (exact) mass is 441 g/mol. The van der Waals surface area contributed by atoms with Gasteiger partial charge in [0, 0.05) is 31.8 Å². The third kappa shape index (κ3) is 5.90. The number of rotatable bonds is 5. The van der Waals surface area contributed by atoms with Gasteiger partial charge in [-0.25, -0.2) is 0 Å². The van der Waals surface area contributed by atoms with E-state index in [2.05, 4.69) is 22.3 Å². The van der Waals surface area contributed by atoms with Crippen LogP contribution < -0.4 is 20.5 Å². The molecule has 9 heteroatoms. The molecule has 1 unspecified atom stereocenters. The van der Waals surface area contributed by atoms with Crippen LogP contribution in [0.1, 0.15) is 12.0 Å². The Labute approximate surface area is 182 Å². The van der Waals surface area contributed by atoms with Gasteiger partial charge in [-0.3, -0.25) is 9.69 Å². The fourth-order valence-corrected chi connectivity index (χ4v) is 3.36. The first-order valence-electron chi connectivity index (χ1n) is 9.04. The smallest absolute Gasteiger partial charge is 0.231 e. The Morgan fingerprint density at radius 3 is 2.62 bits per heavy atom. The second-order valence-corrected chi connectivity index (χ2v) is 6.76. The number of anilines is 2. The summed E-state index contributed by atoms with van der Waals surface area (Å²) in [5, 5.41) is 2.85. The molecule has 0 aromatic heterocycles. The summed E-state index contributed by atoms with van der Waals surface area (Å²) < 4.78 is 16.4. The van der Waals surface area contributed by atoms with Crippen LogP contribution in [0.15, 0.2) is 42.5 Å². The van der Waals surface area contributed by atoms with Crippen LogP contribution in [-0.4, -0.2) is 43.4 Å². The van der Waals surface area contributed by atoms with E-state index < -0.39 is 0 Å². The maximum absolute atomic E-state index is 12.5. The number of carbonyl (C=O) groups excluding carboxylic acids is 1. The lowest BCUT2D eigenvalue weighted by Gasteiger charge is -2.32. The molecule has 0 bridgehead atoms. The number of hydrogen-bond donors (Lipinski definition) is 2. The minimum absolute atomic E-state index is 0. The molecule has 1 saturated heterocycles. The van der Waals surface area contributed by atoms with Gasteiger partial charge in [0.2, 0.25) is 12.7 Å². The van der Waals surface area contributed by atoms with E-state index in [4.69, 9.17) is 19.9 Å². The van der Waals surface area contributed by atoms with Crippen molar-refractivity contribution in [3.8, 4) is 11.5 Å². The Morgan fingerprint density at radius 1 is 1.14 bits per heavy atom. The molecule has 29 heavy (non-hydrogen) atoms. The molecule has 0 radical (unpaired) electrons. The molecule has 2 heterocycles. The number of hydrogen-bond acceptors (Lipinski definition) is 6. The molecule has 2 aromatic rings. The highest BCUT2D eigenvalue weighted by molar-refractivity contribution is 5.95. The first-order chi connectivity index (χ1) is 13.2. The fourth-order valence-electron chi connectivity index (χ4n) is 3.36. The number of nitrogens with one attached hydrogen (secondary N) is 1. The number of nitrogen functional groups attached to an aromatic ring is 1. The van der Waals surface area contributed by atoms with Crippen molar-refractivity contribution in [1.82, 2.24) is 4.90 Å². The lowest BCUT2D eigenvalue weighted by Crippen LogP contribution is -2.43. The van der Waals surface area contributed by atoms with Crippen molar-refractivity contribution >= 4 is 42.1 Å². The molecule has 3 N–H and O–H groups in total. The van der Waals surface area contributed by atoms with Crippen molar-refractivity contribution in [2.24, 2.45) is 0 Å². The molecular formula is C20H25Cl2N3O4. The van der Waals surface area contributed by atoms with E-state index in [9.17, 15) is 4.79 Å². The first kappa shape index (κ1) is 23.1. The largest absolute Gasteiger partial charge is 0.454 e. The van der Waals surface area contributed by atoms with Gasteiger partial charge in [-0.05, 0) is 5.56 Å². The van der Waals surface area contributed by atoms with Crippen LogP contribution in [0.3, 0.4) is 0 Å². The van der Waals surface area contributed by atoms with Crippen LogP contribution in [0.2, 0.25) is 0 Å². The molecule has 2 aliphatic rings. The molecule has 2 aromatic carbocycles. The number of fused-ring (bicyclic) bond motifs is 1. The van der Waals surface area contributed by atoms with E-state index in [1.165, 1.54) is 5.56 Å². The van der Waals surface area contributed by atoms with Gasteiger partial charge in [-0.15, -0.1) is 24.8 Å². The number of benzene rings is 2. The standard InChI is InChI=1S/C20H23N3O4.2ClH/c21-16-9-18-19(27-13-26-18)10-17(16)22-20(24)8-15-12-23(6-7-25-15)11-14-4-2-1-3-5-14;;/h1-5,9-10,15H,6-8,11-13,21H2,(H,22,24);2*1H. The average molecular weight is 442 g/mol. The van der Waals surface area contributed by atoms with E-state index >= 15 is 0 Å². The Morgan fingerprint density at radius 2 is 1.86 bits per heavy atom. The third-order valence-electron chi connectivity index (χ3n) is 4.70. The Kier molecular flexibility index (Phi) is 8.40. The van der Waals surface area contributed by atoms with Gasteiger partial charge >= 0.3 is 0 Å². The second kappa shape index (κ2) is 10.5. The van der Waals surface area contributed by atoms with Crippen molar-refractivity contribution < 1.29 is 19.0 Å². The van der Waals surface area contributed by atoms with Gasteiger partial charge in [0.05, 0.1) is 30.5 Å². The van der Waals surface area contributed by atoms with Crippen LogP contribution >= 0.6 is 24.8 Å². The van der Waals surface area contributed by atoms with Crippen molar-refractivity contribution in [2.75, 3.05) is 37.5 Å². The number of nitrogens with zero attached hydrogens (tertiary/aromatic N) is 1. The first-order valence-corrected chi connectivity index (χ1v) is 9.04. The van der Waals surface area contributed by atoms with Crippen LogP contribution in [0, 0.1) is 0 Å². The summed E-state index contributed by atoms with van der Waals surface area (Å²) in [7, 11) is 0. The van der Waals surface area contributed by atoms with Crippen molar-refractivity contribution in [1.29, 1.82) is 0 Å². The van der Waals surface area contributed by atoms with Crippen LogP contribution in [0.4, 0.5) is 11.4 Å². The SMILES string of the molecule is Cl.Cl.Nc1cc2c(cc1NC(=O)CC1CN(Cc3ccccc3)CCO1)OCO2. The van der Waals surface area contributed by atoms with E-state index in [1.54, 1.807) is 12.1 Å². The summed E-state index contributed by atoms with van der Waals surface area (Å²) in [6, 6.07) is 13.7. The second-order valence-electron chi connectivity index (χ2n) is 6.76. The highest BCUT2D eigenvalue weighted by atomic mass is 35.5. The number of morpholine rings is 1. The molecule has 0 aliphatic carbocycles. The molecule has 4 rings (SSSR count). The minimum Gasteiger partial charge on any atom is -0.454 e. The van der Waals surface area contributed by atoms with Gasteiger partial charge in [0.1, 0.15) is 0 Å². The Balaban J connectivity index is 0.00000150. The van der Waals surface area contributed by atoms with Gasteiger partial charge in [0.15, 0.2) is 11.5 Å². The van der Waals surface area contributed by atoms with E-state index in [-0.39, 0.29) is 50.0 Å². The predicted molar refractivity (Wildman–Crippen MR) is 116 cm³/mol. The lowest BCUT2D eigenvalue weighted by molar-refractivity contribution is -0.121. The molecule has 2 aliphatic heterocycles. The summed E-state index contributed by atoms with van der Waals surface area (Å²) in [6.07, 6.45) is 0.136. The number of carbonyl (C=O) groups is 1. The average Bonchev–Trinajstić information content (AvgIpc) is 3.10. The van der Waals surface area contributed by atoms with Crippen molar-refractivity contribution in [3.05, 3.63) is 48.0 Å². The van der Waals surface area contributed by atoms with Crippen LogP contribution in [-0.2, 0) is 16.1 Å². The summed E-state index contributed by atoms with van der Waals surface area (Å²) in [5.74, 6) is 1.05. The number of ether oxygens (including phenoxy) is 3. The maximum atomic E-state index is 12.5. The van der Waals surface area contributed by atoms with Gasteiger partial charge in [-0.1, -0.05) is 30.3 Å². The zero-order valence-corrected chi connectivity index (χ0v) is 17.5. The quantitative estimate of drug-likeness (QED) is 0.693. The fraction of sp³-hybridized carbons (Fsp3) is 0.350. The molecule has 1 amide bonds. The molecule has 0 spiro atoms. The van der Waals surface area contributed by atoms with Crippen LogP contribution in [0.5, 0.6) is 11.5 Å².